The van der Waals surface area contributed by atoms with E-state index in [9.17, 15) is 4.79 Å². The number of fused-ring (bicyclic) bond motifs is 1. The van der Waals surface area contributed by atoms with Crippen LogP contribution in [0.3, 0.4) is 0 Å². The number of hydrogen-bond donors (Lipinski definition) is 2. The zero-order valence-corrected chi connectivity index (χ0v) is 17.0. The highest BCUT2D eigenvalue weighted by molar-refractivity contribution is 9.13. The van der Waals surface area contributed by atoms with E-state index in [1.54, 1.807) is 22.7 Å². The number of amides is 1. The molecule has 0 atom stereocenters. The minimum atomic E-state index is -0.0740. The summed E-state index contributed by atoms with van der Waals surface area (Å²) in [6.45, 7) is 0.667. The molecule has 8 heteroatoms. The Labute approximate surface area is 165 Å². The summed E-state index contributed by atoms with van der Waals surface area (Å²) in [5, 5.41) is 0.810. The monoisotopic (exact) mass is 480 g/mol. The van der Waals surface area contributed by atoms with Gasteiger partial charge in [-0.3, -0.25) is 9.69 Å². The van der Waals surface area contributed by atoms with Crippen molar-refractivity contribution in [2.45, 2.75) is 22.9 Å². The van der Waals surface area contributed by atoms with Crippen molar-refractivity contribution in [3.05, 3.63) is 56.9 Å². The number of rotatable bonds is 3. The molecule has 0 saturated heterocycles. The smallest absolute Gasteiger partial charge is 0.275 e. The number of nitrogens with zero attached hydrogens (tertiary/aromatic N) is 2. The molecule has 0 unspecified atom stereocenters. The summed E-state index contributed by atoms with van der Waals surface area (Å²) < 4.78 is 1.59. The van der Waals surface area contributed by atoms with Crippen molar-refractivity contribution in [1.82, 2.24) is 15.0 Å². The first-order valence-electron chi connectivity index (χ1n) is 7.79. The minimum absolute atomic E-state index is 0.0740. The quantitative estimate of drug-likeness (QED) is 0.552. The first-order valence-corrected chi connectivity index (χ1v) is 10.2. The number of imidazole rings is 1. The third kappa shape index (κ3) is 3.43. The van der Waals surface area contributed by atoms with E-state index in [2.05, 4.69) is 46.8 Å². The van der Waals surface area contributed by atoms with Gasteiger partial charge in [-0.1, -0.05) is 30.0 Å². The second-order valence-electron chi connectivity index (χ2n) is 5.66. The standard InChI is InChI=1S/C17H14Br2N4OS/c18-11-9-13(20-14(11)19)16(24)23-8-4-7-12-15(23)22-17(21-12)25-10-5-2-1-3-6-10/h1-3,5-6,9,20H,4,7-8H2,(H,21,22). The van der Waals surface area contributed by atoms with Gasteiger partial charge in [-0.25, -0.2) is 4.98 Å². The number of hydrogen-bond acceptors (Lipinski definition) is 3. The largest absolute Gasteiger partial charge is 0.344 e. The second kappa shape index (κ2) is 7.01. The lowest BCUT2D eigenvalue weighted by Gasteiger charge is -2.24. The summed E-state index contributed by atoms with van der Waals surface area (Å²) in [7, 11) is 0. The van der Waals surface area contributed by atoms with Gasteiger partial charge in [0.05, 0.1) is 14.8 Å². The molecule has 1 aliphatic rings. The first-order chi connectivity index (χ1) is 12.1. The second-order valence-corrected chi connectivity index (χ2v) is 8.37. The Hall–Kier alpha value is -1.51. The maximum atomic E-state index is 12.9. The number of halogens is 2. The fourth-order valence-electron chi connectivity index (χ4n) is 2.80. The molecular weight excluding hydrogens is 468 g/mol. The maximum Gasteiger partial charge on any atom is 0.275 e. The summed E-state index contributed by atoms with van der Waals surface area (Å²) >= 11 is 8.36. The fraction of sp³-hybridized carbons (Fsp3) is 0.176. The van der Waals surface area contributed by atoms with Gasteiger partial charge in [-0.2, -0.15) is 0 Å². The van der Waals surface area contributed by atoms with Gasteiger partial charge in [-0.05, 0) is 62.9 Å². The topological polar surface area (TPSA) is 64.8 Å². The Morgan fingerprint density at radius 3 is 2.72 bits per heavy atom. The molecule has 2 N–H and O–H groups in total. The number of aryl methyl sites for hydroxylation is 1. The van der Waals surface area contributed by atoms with E-state index >= 15 is 0 Å². The van der Waals surface area contributed by atoms with Crippen molar-refractivity contribution in [2.24, 2.45) is 0 Å². The van der Waals surface area contributed by atoms with Crippen molar-refractivity contribution in [3.8, 4) is 0 Å². The molecule has 128 valence electrons. The van der Waals surface area contributed by atoms with Gasteiger partial charge in [0.1, 0.15) is 5.69 Å². The van der Waals surface area contributed by atoms with Crippen LogP contribution in [0.15, 0.2) is 55.5 Å². The average molecular weight is 482 g/mol. The van der Waals surface area contributed by atoms with E-state index in [4.69, 9.17) is 0 Å². The number of aromatic nitrogens is 3. The van der Waals surface area contributed by atoms with Gasteiger partial charge < -0.3 is 9.97 Å². The highest BCUT2D eigenvalue weighted by Gasteiger charge is 2.28. The van der Waals surface area contributed by atoms with Gasteiger partial charge in [0.2, 0.25) is 0 Å². The number of benzene rings is 1. The molecular formula is C17H14Br2N4OS. The zero-order valence-electron chi connectivity index (χ0n) is 13.1. The van der Waals surface area contributed by atoms with E-state index in [0.717, 1.165) is 43.5 Å². The number of anilines is 1. The summed E-state index contributed by atoms with van der Waals surface area (Å²) in [6, 6.07) is 11.9. The predicted molar refractivity (Wildman–Crippen MR) is 105 cm³/mol. The molecule has 0 aliphatic carbocycles. The number of nitrogens with one attached hydrogen (secondary N) is 2. The molecule has 3 heterocycles. The number of aromatic amines is 2. The van der Waals surface area contributed by atoms with Gasteiger partial charge in [0, 0.05) is 11.4 Å². The Bertz CT molecular complexity index is 903. The molecule has 5 nitrogen and oxygen atoms in total. The zero-order chi connectivity index (χ0) is 17.4. The number of H-pyrrole nitrogens is 2. The van der Waals surface area contributed by atoms with Gasteiger partial charge in [0.25, 0.3) is 5.91 Å². The molecule has 0 saturated carbocycles. The SMILES string of the molecule is O=C(c1cc(Br)c(Br)[nH]1)N1CCCc2[nH]c(Sc3ccccc3)nc21. The Morgan fingerprint density at radius 2 is 2.00 bits per heavy atom. The van der Waals surface area contributed by atoms with Crippen LogP contribution in [0.25, 0.3) is 0 Å². The van der Waals surface area contributed by atoms with Crippen molar-refractivity contribution >= 4 is 55.3 Å². The molecule has 3 aromatic rings. The maximum absolute atomic E-state index is 12.9. The van der Waals surface area contributed by atoms with Crippen molar-refractivity contribution < 1.29 is 4.79 Å². The Balaban J connectivity index is 1.62. The minimum Gasteiger partial charge on any atom is -0.344 e. The summed E-state index contributed by atoms with van der Waals surface area (Å²) in [4.78, 5) is 26.8. The van der Waals surface area contributed by atoms with Crippen LogP contribution in [0.2, 0.25) is 0 Å². The molecule has 0 radical (unpaired) electrons. The molecule has 25 heavy (non-hydrogen) atoms. The van der Waals surface area contributed by atoms with Crippen LogP contribution in [0.4, 0.5) is 5.82 Å². The molecule has 4 rings (SSSR count). The van der Waals surface area contributed by atoms with Gasteiger partial charge >= 0.3 is 0 Å². The van der Waals surface area contributed by atoms with E-state index in [-0.39, 0.29) is 5.91 Å². The van der Waals surface area contributed by atoms with Crippen LogP contribution in [-0.2, 0) is 6.42 Å². The highest BCUT2D eigenvalue weighted by Crippen LogP contribution is 2.33. The van der Waals surface area contributed by atoms with E-state index in [1.807, 2.05) is 30.3 Å². The molecule has 0 bridgehead atoms. The third-order valence-corrected chi connectivity index (χ3v) is 6.64. The number of carbonyl (C=O) groups is 1. The lowest BCUT2D eigenvalue weighted by atomic mass is 10.1. The van der Waals surface area contributed by atoms with E-state index in [1.165, 1.54) is 0 Å². The van der Waals surface area contributed by atoms with Crippen LogP contribution in [-0.4, -0.2) is 27.4 Å². The number of carbonyl (C=O) groups excluding carboxylic acids is 1. The van der Waals surface area contributed by atoms with E-state index < -0.39 is 0 Å². The normalized spacial score (nSPS) is 13.8. The van der Waals surface area contributed by atoms with E-state index in [0.29, 0.717) is 12.2 Å². The van der Waals surface area contributed by atoms with Crippen molar-refractivity contribution in [2.75, 3.05) is 11.4 Å². The van der Waals surface area contributed by atoms with Crippen LogP contribution < -0.4 is 4.90 Å². The molecule has 1 aliphatic heterocycles. The summed E-state index contributed by atoms with van der Waals surface area (Å²) in [5.41, 5.74) is 1.55. The molecule has 0 spiro atoms. The van der Waals surface area contributed by atoms with Crippen LogP contribution in [0.1, 0.15) is 22.6 Å². The van der Waals surface area contributed by atoms with Gasteiger partial charge in [-0.15, -0.1) is 0 Å². The van der Waals surface area contributed by atoms with Crippen molar-refractivity contribution in [1.29, 1.82) is 0 Å². The van der Waals surface area contributed by atoms with Crippen LogP contribution in [0.5, 0.6) is 0 Å². The lowest BCUT2D eigenvalue weighted by molar-refractivity contribution is 0.0980. The summed E-state index contributed by atoms with van der Waals surface area (Å²) in [5.74, 6) is 0.659. The lowest BCUT2D eigenvalue weighted by Crippen LogP contribution is -2.35. The molecule has 2 aromatic heterocycles. The average Bonchev–Trinajstić information content (AvgIpc) is 3.17. The third-order valence-electron chi connectivity index (χ3n) is 3.96. The Kier molecular flexibility index (Phi) is 4.75. The fourth-order valence-corrected chi connectivity index (χ4v) is 4.28. The van der Waals surface area contributed by atoms with Crippen LogP contribution >= 0.6 is 43.6 Å². The highest BCUT2D eigenvalue weighted by atomic mass is 79.9. The predicted octanol–water partition coefficient (Wildman–Crippen LogP) is 5.01. The first kappa shape index (κ1) is 16.9. The Morgan fingerprint density at radius 1 is 1.20 bits per heavy atom. The molecule has 1 amide bonds. The van der Waals surface area contributed by atoms with Crippen LogP contribution in [0, 0.1) is 0 Å². The van der Waals surface area contributed by atoms with Gasteiger partial charge in [0.15, 0.2) is 11.0 Å². The summed E-state index contributed by atoms with van der Waals surface area (Å²) in [6.07, 6.45) is 1.82. The molecule has 1 aromatic carbocycles. The molecule has 0 fully saturated rings. The van der Waals surface area contributed by atoms with Crippen molar-refractivity contribution in [3.63, 3.8) is 0 Å².